The van der Waals surface area contributed by atoms with Gasteiger partial charge in [-0.05, 0) is 35.9 Å². The number of hydrogen-bond acceptors (Lipinski definition) is 5. The highest BCUT2D eigenvalue weighted by Gasteiger charge is 2.36. The zero-order valence-electron chi connectivity index (χ0n) is 15.6. The first-order valence-electron chi connectivity index (χ1n) is 9.05. The van der Waals surface area contributed by atoms with Gasteiger partial charge < -0.3 is 5.32 Å². The number of benzene rings is 3. The molecule has 8 heteroatoms. The topological polar surface area (TPSA) is 110 Å². The molecule has 0 aromatic heterocycles. The predicted molar refractivity (Wildman–Crippen MR) is 109 cm³/mol. The quantitative estimate of drug-likeness (QED) is 0.399. The van der Waals surface area contributed by atoms with Crippen molar-refractivity contribution in [3.63, 3.8) is 0 Å². The van der Waals surface area contributed by atoms with Crippen molar-refractivity contribution in [2.24, 2.45) is 0 Å². The Morgan fingerprint density at radius 3 is 2.13 bits per heavy atom. The molecule has 3 amide bonds. The smallest absolute Gasteiger partial charge is 0.271 e. The van der Waals surface area contributed by atoms with Crippen molar-refractivity contribution in [2.75, 3.05) is 10.2 Å². The molecule has 0 fully saturated rings. The van der Waals surface area contributed by atoms with Crippen LogP contribution in [0.4, 0.5) is 17.1 Å². The molecule has 1 aliphatic heterocycles. The number of fused-ring (bicyclic) bond motifs is 1. The molecule has 1 aliphatic rings. The molecule has 0 saturated carbocycles. The van der Waals surface area contributed by atoms with Gasteiger partial charge in [-0.3, -0.25) is 24.5 Å². The number of carbonyl (C=O) groups excluding carboxylic acids is 3. The van der Waals surface area contributed by atoms with Crippen LogP contribution in [0, 0.1) is 10.1 Å². The minimum absolute atomic E-state index is 0.0328. The lowest BCUT2D eigenvalue weighted by Gasteiger charge is -2.14. The van der Waals surface area contributed by atoms with Crippen LogP contribution in [0.1, 0.15) is 26.3 Å². The summed E-state index contributed by atoms with van der Waals surface area (Å²) in [6.45, 7) is 0. The van der Waals surface area contributed by atoms with Crippen LogP contribution in [0.5, 0.6) is 0 Å². The van der Waals surface area contributed by atoms with Gasteiger partial charge in [0.05, 0.1) is 28.2 Å². The molecule has 3 aromatic rings. The largest absolute Gasteiger partial charge is 0.326 e. The van der Waals surface area contributed by atoms with Gasteiger partial charge in [0.25, 0.3) is 17.5 Å². The third kappa shape index (κ3) is 3.53. The van der Waals surface area contributed by atoms with E-state index in [0.29, 0.717) is 28.1 Å². The van der Waals surface area contributed by atoms with E-state index in [9.17, 15) is 24.5 Å². The highest BCUT2D eigenvalue weighted by atomic mass is 16.6. The molecular formula is C22H15N3O5. The van der Waals surface area contributed by atoms with Crippen molar-refractivity contribution < 1.29 is 19.3 Å². The maximum atomic E-state index is 12.5. The van der Waals surface area contributed by atoms with Gasteiger partial charge in [-0.15, -0.1) is 0 Å². The van der Waals surface area contributed by atoms with Crippen LogP contribution in [0.3, 0.4) is 0 Å². The molecule has 1 heterocycles. The van der Waals surface area contributed by atoms with Gasteiger partial charge in [-0.1, -0.05) is 30.3 Å². The van der Waals surface area contributed by atoms with Crippen LogP contribution in [-0.2, 0) is 11.2 Å². The number of nitro benzene ring substituents is 1. The monoisotopic (exact) mass is 401 g/mol. The fourth-order valence-corrected chi connectivity index (χ4v) is 3.27. The summed E-state index contributed by atoms with van der Waals surface area (Å²) in [6.07, 6.45) is 0.0328. The molecule has 0 bridgehead atoms. The number of amides is 3. The van der Waals surface area contributed by atoms with Gasteiger partial charge in [0, 0.05) is 17.8 Å². The maximum absolute atomic E-state index is 12.5. The molecule has 1 N–H and O–H groups in total. The maximum Gasteiger partial charge on any atom is 0.271 e. The molecule has 0 saturated heterocycles. The second-order valence-corrected chi connectivity index (χ2v) is 6.69. The normalized spacial score (nSPS) is 12.6. The zero-order valence-corrected chi connectivity index (χ0v) is 15.6. The van der Waals surface area contributed by atoms with E-state index >= 15 is 0 Å². The fraction of sp³-hybridized carbons (Fsp3) is 0.0455. The van der Waals surface area contributed by atoms with Crippen molar-refractivity contribution in [3.8, 4) is 0 Å². The van der Waals surface area contributed by atoms with E-state index in [1.807, 2.05) is 0 Å². The van der Waals surface area contributed by atoms with Gasteiger partial charge in [-0.2, -0.15) is 0 Å². The lowest BCUT2D eigenvalue weighted by Crippen LogP contribution is -2.29. The summed E-state index contributed by atoms with van der Waals surface area (Å²) in [5, 5.41) is 13.4. The van der Waals surface area contributed by atoms with Crippen LogP contribution < -0.4 is 10.2 Å². The first-order valence-corrected chi connectivity index (χ1v) is 9.05. The van der Waals surface area contributed by atoms with E-state index in [1.165, 1.54) is 18.2 Å². The number of anilines is 2. The molecule has 148 valence electrons. The highest BCUT2D eigenvalue weighted by molar-refractivity contribution is 6.34. The first kappa shape index (κ1) is 19.0. The lowest BCUT2D eigenvalue weighted by molar-refractivity contribution is -0.384. The molecule has 30 heavy (non-hydrogen) atoms. The summed E-state index contributed by atoms with van der Waals surface area (Å²) in [7, 11) is 0. The SMILES string of the molecule is O=C(Cc1ccc(N2C(=O)c3ccccc3C2=O)cc1)Nc1cccc([N+](=O)[O-])c1. The second-order valence-electron chi connectivity index (χ2n) is 6.69. The summed E-state index contributed by atoms with van der Waals surface area (Å²) < 4.78 is 0. The van der Waals surface area contributed by atoms with Crippen LogP contribution in [0.15, 0.2) is 72.8 Å². The number of nitrogens with one attached hydrogen (secondary N) is 1. The van der Waals surface area contributed by atoms with Crippen molar-refractivity contribution in [1.29, 1.82) is 0 Å². The van der Waals surface area contributed by atoms with Gasteiger partial charge in [0.2, 0.25) is 5.91 Å². The van der Waals surface area contributed by atoms with E-state index in [4.69, 9.17) is 0 Å². The Labute approximate surface area is 170 Å². The Morgan fingerprint density at radius 1 is 0.900 bits per heavy atom. The summed E-state index contributed by atoms with van der Waals surface area (Å²) in [6, 6.07) is 18.8. The number of carbonyl (C=O) groups is 3. The number of nitro groups is 1. The molecule has 4 rings (SSSR count). The Morgan fingerprint density at radius 2 is 1.53 bits per heavy atom. The number of rotatable bonds is 5. The molecule has 0 unspecified atom stereocenters. The number of imide groups is 1. The van der Waals surface area contributed by atoms with Gasteiger partial charge in [-0.25, -0.2) is 4.90 Å². The van der Waals surface area contributed by atoms with Crippen molar-refractivity contribution in [2.45, 2.75) is 6.42 Å². The predicted octanol–water partition coefficient (Wildman–Crippen LogP) is 3.58. The third-order valence-corrected chi connectivity index (χ3v) is 4.69. The second kappa shape index (κ2) is 7.59. The summed E-state index contributed by atoms with van der Waals surface area (Å²) in [5.41, 5.74) is 2.03. The molecular weight excluding hydrogens is 386 g/mol. The van der Waals surface area contributed by atoms with E-state index in [1.54, 1.807) is 54.6 Å². The fourth-order valence-electron chi connectivity index (χ4n) is 3.27. The highest BCUT2D eigenvalue weighted by Crippen LogP contribution is 2.28. The summed E-state index contributed by atoms with van der Waals surface area (Å²) >= 11 is 0. The standard InChI is InChI=1S/C22H15N3O5/c26-20(23-15-4-3-5-17(13-15)25(29)30)12-14-8-10-16(11-9-14)24-21(27)18-6-1-2-7-19(18)22(24)28/h1-11,13H,12H2,(H,23,26). The molecule has 0 radical (unpaired) electrons. The number of non-ortho nitro benzene ring substituents is 1. The van der Waals surface area contributed by atoms with Crippen LogP contribution in [-0.4, -0.2) is 22.6 Å². The minimum Gasteiger partial charge on any atom is -0.326 e. The molecule has 8 nitrogen and oxygen atoms in total. The summed E-state index contributed by atoms with van der Waals surface area (Å²) in [5.74, 6) is -1.11. The number of nitrogens with zero attached hydrogens (tertiary/aromatic N) is 2. The molecule has 3 aromatic carbocycles. The Bertz CT molecular complexity index is 1150. The van der Waals surface area contributed by atoms with Crippen LogP contribution >= 0.6 is 0 Å². The number of hydrogen-bond donors (Lipinski definition) is 1. The molecule has 0 aliphatic carbocycles. The molecule has 0 atom stereocenters. The Kier molecular flexibility index (Phi) is 4.81. The Balaban J connectivity index is 1.45. The van der Waals surface area contributed by atoms with Crippen molar-refractivity contribution >= 4 is 34.8 Å². The van der Waals surface area contributed by atoms with E-state index in [2.05, 4.69) is 5.32 Å². The average molecular weight is 401 g/mol. The summed E-state index contributed by atoms with van der Waals surface area (Å²) in [4.78, 5) is 48.7. The van der Waals surface area contributed by atoms with Crippen molar-refractivity contribution in [1.82, 2.24) is 0 Å². The van der Waals surface area contributed by atoms with Crippen LogP contribution in [0.25, 0.3) is 0 Å². The zero-order chi connectivity index (χ0) is 21.3. The lowest BCUT2D eigenvalue weighted by atomic mass is 10.1. The van der Waals surface area contributed by atoms with E-state index < -0.39 is 4.92 Å². The average Bonchev–Trinajstić information content (AvgIpc) is 2.99. The van der Waals surface area contributed by atoms with Crippen LogP contribution in [0.2, 0.25) is 0 Å². The van der Waals surface area contributed by atoms with E-state index in [-0.39, 0.29) is 29.8 Å². The van der Waals surface area contributed by atoms with E-state index in [0.717, 1.165) is 4.90 Å². The molecule has 0 spiro atoms. The Hall–Kier alpha value is -4.33. The van der Waals surface area contributed by atoms with Crippen molar-refractivity contribution in [3.05, 3.63) is 99.6 Å². The van der Waals surface area contributed by atoms with Gasteiger partial charge >= 0.3 is 0 Å². The van der Waals surface area contributed by atoms with Gasteiger partial charge in [0.15, 0.2) is 0 Å². The first-order chi connectivity index (χ1) is 14.4. The van der Waals surface area contributed by atoms with Gasteiger partial charge in [0.1, 0.15) is 0 Å². The third-order valence-electron chi connectivity index (χ3n) is 4.69. The minimum atomic E-state index is -0.534.